The van der Waals surface area contributed by atoms with E-state index in [9.17, 15) is 23.3 Å². The molecule has 0 atom stereocenters. The van der Waals surface area contributed by atoms with Crippen molar-refractivity contribution in [3.8, 4) is 6.07 Å². The van der Waals surface area contributed by atoms with Gasteiger partial charge in [-0.1, -0.05) is 0 Å². The number of nitrogens with one attached hydrogen (secondary N) is 1. The van der Waals surface area contributed by atoms with Crippen LogP contribution in [0.5, 0.6) is 0 Å². The number of fused-ring (bicyclic) bond motifs is 1. The summed E-state index contributed by atoms with van der Waals surface area (Å²) < 4.78 is 39.9. The van der Waals surface area contributed by atoms with Crippen molar-refractivity contribution in [2.75, 3.05) is 16.8 Å². The molecule has 0 unspecified atom stereocenters. The summed E-state index contributed by atoms with van der Waals surface area (Å²) in [4.78, 5) is 24.4. The van der Waals surface area contributed by atoms with Gasteiger partial charge in [0, 0.05) is 23.9 Å². The fourth-order valence-corrected chi connectivity index (χ4v) is 3.43. The molecular formula is C20H14F3N7O2. The van der Waals surface area contributed by atoms with Crippen molar-refractivity contribution >= 4 is 23.0 Å². The molecule has 3 heterocycles. The van der Waals surface area contributed by atoms with E-state index in [0.717, 1.165) is 17.8 Å². The van der Waals surface area contributed by atoms with Crippen LogP contribution in [0.25, 0.3) is 0 Å². The first-order valence-corrected chi connectivity index (χ1v) is 9.33. The average Bonchev–Trinajstić information content (AvgIpc) is 2.78. The van der Waals surface area contributed by atoms with Crippen LogP contribution in [0.2, 0.25) is 0 Å². The fraction of sp³-hybridized carbons (Fsp3) is 0.200. The molecule has 0 saturated carbocycles. The highest BCUT2D eigenvalue weighted by Crippen LogP contribution is 2.36. The van der Waals surface area contributed by atoms with Crippen molar-refractivity contribution in [2.45, 2.75) is 19.1 Å². The minimum Gasteiger partial charge on any atom is -0.365 e. The number of nitriles is 1. The number of alkyl halides is 3. The maximum Gasteiger partial charge on any atom is 0.417 e. The van der Waals surface area contributed by atoms with Crippen LogP contribution in [0, 0.1) is 21.4 Å². The van der Waals surface area contributed by atoms with Crippen LogP contribution >= 0.6 is 0 Å². The minimum atomic E-state index is -4.63. The number of anilines is 3. The van der Waals surface area contributed by atoms with Crippen LogP contribution in [-0.2, 0) is 19.1 Å². The highest BCUT2D eigenvalue weighted by molar-refractivity contribution is 5.61. The number of rotatable bonds is 4. The lowest BCUT2D eigenvalue weighted by Gasteiger charge is -2.31. The Balaban J connectivity index is 1.58. The quantitative estimate of drug-likeness (QED) is 0.477. The lowest BCUT2D eigenvalue weighted by Crippen LogP contribution is -2.32. The third-order valence-corrected chi connectivity index (χ3v) is 5.01. The monoisotopic (exact) mass is 441 g/mol. The Morgan fingerprint density at radius 1 is 1.19 bits per heavy atom. The molecule has 1 aromatic carbocycles. The van der Waals surface area contributed by atoms with Gasteiger partial charge in [-0.3, -0.25) is 10.1 Å². The van der Waals surface area contributed by atoms with Crippen molar-refractivity contribution in [1.29, 1.82) is 5.26 Å². The van der Waals surface area contributed by atoms with Gasteiger partial charge in [-0.15, -0.1) is 0 Å². The number of hydrogen-bond donors (Lipinski definition) is 1. The normalized spacial score (nSPS) is 13.2. The number of pyridine rings is 1. The van der Waals surface area contributed by atoms with E-state index in [1.165, 1.54) is 30.6 Å². The minimum absolute atomic E-state index is 0.142. The van der Waals surface area contributed by atoms with Crippen molar-refractivity contribution < 1.29 is 18.1 Å². The molecule has 4 rings (SSSR count). The second-order valence-corrected chi connectivity index (χ2v) is 6.94. The molecule has 2 aromatic heterocycles. The Kier molecular flexibility index (Phi) is 5.31. The number of nitrogens with zero attached hydrogens (tertiary/aromatic N) is 6. The van der Waals surface area contributed by atoms with Crippen LogP contribution in [0.4, 0.5) is 36.2 Å². The molecule has 0 radical (unpaired) electrons. The maximum absolute atomic E-state index is 13.3. The molecule has 1 N–H and O–H groups in total. The molecule has 0 spiro atoms. The zero-order chi connectivity index (χ0) is 22.9. The molecule has 32 heavy (non-hydrogen) atoms. The SMILES string of the molecule is N#Cc1ccc(N2CCc3c(ncnc3Nc3ccc([N+](=O)[O-])cn3)C2)cc1C(F)(F)F. The molecule has 3 aromatic rings. The van der Waals surface area contributed by atoms with Crippen molar-refractivity contribution in [2.24, 2.45) is 0 Å². The number of benzene rings is 1. The summed E-state index contributed by atoms with van der Waals surface area (Å²) in [5.41, 5.74) is 0.214. The first-order chi connectivity index (χ1) is 15.3. The largest absolute Gasteiger partial charge is 0.417 e. The zero-order valence-corrected chi connectivity index (χ0v) is 16.3. The van der Waals surface area contributed by atoms with E-state index < -0.39 is 22.2 Å². The van der Waals surface area contributed by atoms with Gasteiger partial charge < -0.3 is 10.2 Å². The van der Waals surface area contributed by atoms with E-state index >= 15 is 0 Å². The number of halogens is 3. The number of hydrogen-bond acceptors (Lipinski definition) is 8. The highest BCUT2D eigenvalue weighted by atomic mass is 19.4. The molecule has 0 amide bonds. The van der Waals surface area contributed by atoms with E-state index in [1.54, 1.807) is 11.0 Å². The molecule has 0 fully saturated rings. The Hall–Kier alpha value is -4.27. The topological polar surface area (TPSA) is 121 Å². The highest BCUT2D eigenvalue weighted by Gasteiger charge is 2.34. The molecule has 1 aliphatic rings. The van der Waals surface area contributed by atoms with Crippen LogP contribution in [-0.4, -0.2) is 26.4 Å². The van der Waals surface area contributed by atoms with Gasteiger partial charge >= 0.3 is 6.18 Å². The van der Waals surface area contributed by atoms with Gasteiger partial charge in [-0.05, 0) is 30.7 Å². The van der Waals surface area contributed by atoms with E-state index in [4.69, 9.17) is 5.26 Å². The zero-order valence-electron chi connectivity index (χ0n) is 16.3. The summed E-state index contributed by atoms with van der Waals surface area (Å²) in [5.74, 6) is 0.840. The summed E-state index contributed by atoms with van der Waals surface area (Å²) in [6.07, 6.45) is -1.73. The lowest BCUT2D eigenvalue weighted by molar-refractivity contribution is -0.385. The van der Waals surface area contributed by atoms with Crippen molar-refractivity contribution in [3.05, 3.63) is 75.4 Å². The maximum atomic E-state index is 13.3. The molecule has 12 heteroatoms. The number of aromatic nitrogens is 3. The van der Waals surface area contributed by atoms with Gasteiger partial charge in [-0.2, -0.15) is 18.4 Å². The van der Waals surface area contributed by atoms with Crippen LogP contribution in [0.3, 0.4) is 0 Å². The Morgan fingerprint density at radius 2 is 2.00 bits per heavy atom. The summed E-state index contributed by atoms with van der Waals surface area (Å²) >= 11 is 0. The van der Waals surface area contributed by atoms with Gasteiger partial charge in [0.25, 0.3) is 5.69 Å². The second-order valence-electron chi connectivity index (χ2n) is 6.94. The predicted molar refractivity (Wildman–Crippen MR) is 107 cm³/mol. The van der Waals surface area contributed by atoms with Crippen molar-refractivity contribution in [1.82, 2.24) is 15.0 Å². The van der Waals surface area contributed by atoms with Gasteiger partial charge in [0.05, 0.1) is 34.4 Å². The molecule has 162 valence electrons. The average molecular weight is 441 g/mol. The summed E-state index contributed by atoms with van der Waals surface area (Å²) in [7, 11) is 0. The Bertz CT molecular complexity index is 1220. The third-order valence-electron chi connectivity index (χ3n) is 5.01. The van der Waals surface area contributed by atoms with E-state index in [0.29, 0.717) is 36.0 Å². The summed E-state index contributed by atoms with van der Waals surface area (Å²) in [6, 6.07) is 7.98. The number of nitro groups is 1. The molecule has 0 bridgehead atoms. The van der Waals surface area contributed by atoms with Gasteiger partial charge in [-0.25, -0.2) is 15.0 Å². The smallest absolute Gasteiger partial charge is 0.365 e. The molecule has 9 nitrogen and oxygen atoms in total. The first kappa shape index (κ1) is 21.0. The Morgan fingerprint density at radius 3 is 2.66 bits per heavy atom. The fourth-order valence-electron chi connectivity index (χ4n) is 3.43. The standard InChI is InChI=1S/C20H14F3N7O2/c21-20(22,23)16-7-13(2-1-12(16)8-24)29-6-5-15-17(10-29)26-11-27-19(15)28-18-4-3-14(9-25-18)30(31)32/h1-4,7,9,11H,5-6,10H2,(H,25,26,27,28). The van der Waals surface area contributed by atoms with Gasteiger partial charge in [0.1, 0.15) is 24.2 Å². The molecule has 1 aliphatic heterocycles. The second kappa shape index (κ2) is 8.10. The van der Waals surface area contributed by atoms with Crippen LogP contribution in [0.1, 0.15) is 22.4 Å². The Labute approximate surface area is 179 Å². The molecule has 0 saturated heterocycles. The van der Waals surface area contributed by atoms with E-state index in [2.05, 4.69) is 20.3 Å². The van der Waals surface area contributed by atoms with E-state index in [-0.39, 0.29) is 12.2 Å². The van der Waals surface area contributed by atoms with Crippen molar-refractivity contribution in [3.63, 3.8) is 0 Å². The summed E-state index contributed by atoms with van der Waals surface area (Å²) in [5, 5.41) is 22.8. The van der Waals surface area contributed by atoms with Gasteiger partial charge in [0.2, 0.25) is 0 Å². The third kappa shape index (κ3) is 4.13. The summed E-state index contributed by atoms with van der Waals surface area (Å²) in [6.45, 7) is 0.662. The van der Waals surface area contributed by atoms with Crippen LogP contribution < -0.4 is 10.2 Å². The predicted octanol–water partition coefficient (Wildman–Crippen LogP) is 3.98. The molecule has 0 aliphatic carbocycles. The van der Waals surface area contributed by atoms with E-state index in [1.807, 2.05) is 0 Å². The van der Waals surface area contributed by atoms with Crippen LogP contribution in [0.15, 0.2) is 42.9 Å². The lowest BCUT2D eigenvalue weighted by atomic mass is 10.0. The first-order valence-electron chi connectivity index (χ1n) is 9.33. The molecular weight excluding hydrogens is 427 g/mol. The van der Waals surface area contributed by atoms with Gasteiger partial charge in [0.15, 0.2) is 0 Å².